The molecule has 0 bridgehead atoms. The number of hydrogen-bond acceptors (Lipinski definition) is 4. The van der Waals surface area contributed by atoms with Gasteiger partial charge >= 0.3 is 0 Å². The number of benzene rings is 1. The molecule has 126 valence electrons. The fraction of sp³-hybridized carbons (Fsp3) is 0.263. The lowest BCUT2D eigenvalue weighted by Crippen LogP contribution is -2.23. The Labute approximate surface area is 144 Å². The van der Waals surface area contributed by atoms with E-state index < -0.39 is 0 Å². The lowest BCUT2D eigenvalue weighted by molar-refractivity contribution is 0.581. The van der Waals surface area contributed by atoms with Crippen LogP contribution < -0.4 is 5.56 Å². The summed E-state index contributed by atoms with van der Waals surface area (Å²) >= 11 is 0. The van der Waals surface area contributed by atoms with Crippen molar-refractivity contribution >= 4 is 16.7 Å². The molecule has 6 heteroatoms. The van der Waals surface area contributed by atoms with Crippen LogP contribution in [0.2, 0.25) is 0 Å². The molecule has 4 aromatic rings. The van der Waals surface area contributed by atoms with Crippen LogP contribution in [0.25, 0.3) is 27.8 Å². The summed E-state index contributed by atoms with van der Waals surface area (Å²) in [5.74, 6) is 0. The third kappa shape index (κ3) is 2.33. The van der Waals surface area contributed by atoms with E-state index in [4.69, 9.17) is 5.10 Å². The van der Waals surface area contributed by atoms with Crippen LogP contribution >= 0.6 is 0 Å². The number of rotatable bonds is 3. The molecular weight excluding hydrogens is 314 g/mol. The number of aromatic nitrogens is 5. The zero-order valence-electron chi connectivity index (χ0n) is 14.5. The summed E-state index contributed by atoms with van der Waals surface area (Å²) in [4.78, 5) is 12.7. The van der Waals surface area contributed by atoms with Crippen molar-refractivity contribution in [2.45, 2.75) is 33.2 Å². The predicted molar refractivity (Wildman–Crippen MR) is 97.7 cm³/mol. The molecule has 6 nitrogen and oxygen atoms in total. The van der Waals surface area contributed by atoms with E-state index in [-0.39, 0.29) is 11.6 Å². The van der Waals surface area contributed by atoms with Crippen LogP contribution in [0.4, 0.5) is 0 Å². The largest absolute Gasteiger partial charge is 0.311 e. The Kier molecular flexibility index (Phi) is 3.60. The smallest absolute Gasteiger partial charge is 0.280 e. The normalized spacial score (nSPS) is 11.7. The molecule has 0 aliphatic heterocycles. The average Bonchev–Trinajstić information content (AvgIpc) is 3.01. The van der Waals surface area contributed by atoms with E-state index in [9.17, 15) is 4.79 Å². The van der Waals surface area contributed by atoms with Crippen LogP contribution in [0, 0.1) is 0 Å². The minimum atomic E-state index is -0.142. The molecule has 0 saturated heterocycles. The number of nitrogens with zero attached hydrogens (tertiary/aromatic N) is 5. The van der Waals surface area contributed by atoms with Crippen molar-refractivity contribution in [3.63, 3.8) is 0 Å². The Morgan fingerprint density at radius 3 is 2.52 bits per heavy atom. The summed E-state index contributed by atoms with van der Waals surface area (Å²) in [6.07, 6.45) is 2.57. The van der Waals surface area contributed by atoms with Gasteiger partial charge in [0.1, 0.15) is 5.52 Å². The van der Waals surface area contributed by atoms with Gasteiger partial charge < -0.3 is 4.57 Å². The number of fused-ring (bicyclic) bond motifs is 3. The first kappa shape index (κ1) is 15.5. The van der Waals surface area contributed by atoms with Gasteiger partial charge in [0.25, 0.3) is 5.56 Å². The van der Waals surface area contributed by atoms with Crippen molar-refractivity contribution in [2.24, 2.45) is 0 Å². The minimum Gasteiger partial charge on any atom is -0.311 e. The van der Waals surface area contributed by atoms with Gasteiger partial charge in [-0.1, -0.05) is 37.3 Å². The number of aryl methyl sites for hydroxylation is 1. The van der Waals surface area contributed by atoms with Gasteiger partial charge in [-0.25, -0.2) is 4.52 Å². The molecule has 0 saturated carbocycles. The molecule has 0 spiro atoms. The monoisotopic (exact) mass is 333 g/mol. The van der Waals surface area contributed by atoms with E-state index in [0.717, 1.165) is 23.2 Å². The summed E-state index contributed by atoms with van der Waals surface area (Å²) in [7, 11) is 0. The molecule has 0 unspecified atom stereocenters. The first-order valence-electron chi connectivity index (χ1n) is 8.46. The molecule has 0 aliphatic carbocycles. The number of hydrogen-bond donors (Lipinski definition) is 0. The van der Waals surface area contributed by atoms with Crippen molar-refractivity contribution < 1.29 is 0 Å². The molecule has 0 aliphatic rings. The van der Waals surface area contributed by atoms with E-state index in [1.54, 1.807) is 15.3 Å². The highest BCUT2D eigenvalue weighted by atomic mass is 16.1. The van der Waals surface area contributed by atoms with E-state index in [0.29, 0.717) is 16.7 Å². The zero-order valence-corrected chi connectivity index (χ0v) is 14.5. The van der Waals surface area contributed by atoms with E-state index in [1.165, 1.54) is 0 Å². The molecule has 25 heavy (non-hydrogen) atoms. The maximum atomic E-state index is 12.7. The SMILES string of the molecule is CCc1nn2c(nnc3c(=O)n(C(C)C)ccc32)c1-c1ccccc1. The third-order valence-electron chi connectivity index (χ3n) is 4.43. The average molecular weight is 333 g/mol. The Balaban J connectivity index is 2.09. The highest BCUT2D eigenvalue weighted by Crippen LogP contribution is 2.28. The molecule has 0 radical (unpaired) electrons. The van der Waals surface area contributed by atoms with E-state index >= 15 is 0 Å². The second-order valence-electron chi connectivity index (χ2n) is 6.33. The molecule has 1 aromatic carbocycles. The summed E-state index contributed by atoms with van der Waals surface area (Å²) in [6.45, 7) is 6.00. The second-order valence-corrected chi connectivity index (χ2v) is 6.33. The summed E-state index contributed by atoms with van der Waals surface area (Å²) < 4.78 is 3.40. The van der Waals surface area contributed by atoms with Crippen molar-refractivity contribution in [3.05, 3.63) is 58.6 Å². The molecule has 0 fully saturated rings. The summed E-state index contributed by atoms with van der Waals surface area (Å²) in [5, 5.41) is 13.3. The van der Waals surface area contributed by atoms with E-state index in [1.807, 2.05) is 50.2 Å². The summed E-state index contributed by atoms with van der Waals surface area (Å²) in [6, 6.07) is 12.0. The topological polar surface area (TPSA) is 65.1 Å². The van der Waals surface area contributed by atoms with Crippen LogP contribution in [0.15, 0.2) is 47.4 Å². The Morgan fingerprint density at radius 2 is 1.84 bits per heavy atom. The minimum absolute atomic E-state index is 0.0677. The van der Waals surface area contributed by atoms with Gasteiger partial charge in [-0.05, 0) is 31.9 Å². The predicted octanol–water partition coefficient (Wildman–Crippen LogP) is 3.25. The van der Waals surface area contributed by atoms with E-state index in [2.05, 4.69) is 17.1 Å². The van der Waals surface area contributed by atoms with Gasteiger partial charge in [0.2, 0.25) is 0 Å². The fourth-order valence-electron chi connectivity index (χ4n) is 3.16. The maximum Gasteiger partial charge on any atom is 0.280 e. The van der Waals surface area contributed by atoms with Crippen LogP contribution in [0.5, 0.6) is 0 Å². The zero-order chi connectivity index (χ0) is 17.6. The number of pyridine rings is 1. The van der Waals surface area contributed by atoms with Crippen molar-refractivity contribution in [3.8, 4) is 11.1 Å². The highest BCUT2D eigenvalue weighted by Gasteiger charge is 2.18. The first-order chi connectivity index (χ1) is 12.1. The van der Waals surface area contributed by atoms with Crippen molar-refractivity contribution in [1.82, 2.24) is 24.4 Å². The summed E-state index contributed by atoms with van der Waals surface area (Å²) in [5.41, 5.74) is 4.54. The lowest BCUT2D eigenvalue weighted by Gasteiger charge is -2.10. The molecule has 3 aromatic heterocycles. The van der Waals surface area contributed by atoms with Gasteiger partial charge in [-0.15, -0.1) is 10.2 Å². The van der Waals surface area contributed by atoms with Crippen LogP contribution in [0.1, 0.15) is 32.5 Å². The van der Waals surface area contributed by atoms with Gasteiger partial charge in [0.15, 0.2) is 11.2 Å². The second kappa shape index (κ2) is 5.81. The van der Waals surface area contributed by atoms with Gasteiger partial charge in [0.05, 0.1) is 11.3 Å². The van der Waals surface area contributed by atoms with Gasteiger partial charge in [0, 0.05) is 12.2 Å². The Bertz CT molecular complexity index is 1130. The fourth-order valence-corrected chi connectivity index (χ4v) is 3.16. The van der Waals surface area contributed by atoms with Gasteiger partial charge in [-0.2, -0.15) is 5.10 Å². The quantitative estimate of drug-likeness (QED) is 0.577. The molecule has 0 N–H and O–H groups in total. The van der Waals surface area contributed by atoms with Crippen molar-refractivity contribution in [1.29, 1.82) is 0 Å². The van der Waals surface area contributed by atoms with Gasteiger partial charge in [-0.3, -0.25) is 4.79 Å². The maximum absolute atomic E-state index is 12.7. The van der Waals surface area contributed by atoms with Crippen molar-refractivity contribution in [2.75, 3.05) is 0 Å². The molecule has 3 heterocycles. The highest BCUT2D eigenvalue weighted by molar-refractivity contribution is 5.84. The molecular formula is C19H19N5O. The Morgan fingerprint density at radius 1 is 1.08 bits per heavy atom. The lowest BCUT2D eigenvalue weighted by atomic mass is 10.0. The third-order valence-corrected chi connectivity index (χ3v) is 4.43. The molecule has 0 atom stereocenters. The molecule has 4 rings (SSSR count). The van der Waals surface area contributed by atoms with Crippen LogP contribution in [0.3, 0.4) is 0 Å². The van der Waals surface area contributed by atoms with Crippen LogP contribution in [-0.2, 0) is 6.42 Å². The Hall–Kier alpha value is -3.02. The molecule has 0 amide bonds. The standard InChI is InChI=1S/C19H19N5O/c1-4-14-16(13-8-6-5-7-9-13)18-21-20-17-15(24(18)22-14)10-11-23(12(2)3)19(17)25/h5-12H,4H2,1-3H3. The van der Waals surface area contributed by atoms with Crippen LogP contribution in [-0.4, -0.2) is 24.4 Å². The first-order valence-corrected chi connectivity index (χ1v) is 8.46.